The predicted octanol–water partition coefficient (Wildman–Crippen LogP) is 2.42. The largest absolute Gasteiger partial charge is 0.341 e. The monoisotopic (exact) mass is 433 g/mol. The summed E-state index contributed by atoms with van der Waals surface area (Å²) in [5, 5.41) is 0. The molecule has 138 valence electrons. The van der Waals surface area contributed by atoms with E-state index >= 15 is 0 Å². The van der Waals surface area contributed by atoms with Gasteiger partial charge in [0.15, 0.2) is 0 Å². The van der Waals surface area contributed by atoms with E-state index in [0.717, 1.165) is 19.3 Å². The van der Waals surface area contributed by atoms with Gasteiger partial charge in [0.05, 0.1) is 10.4 Å². The molecule has 8 heteroatoms. The molecule has 0 saturated carbocycles. The fourth-order valence-electron chi connectivity index (χ4n) is 3.42. The number of carbonyl (C=O) groups is 2. The van der Waals surface area contributed by atoms with E-state index in [1.54, 1.807) is 11.0 Å². The second kappa shape index (κ2) is 8.47. The third-order valence-corrected chi connectivity index (χ3v) is 5.40. The van der Waals surface area contributed by atoms with Crippen LogP contribution >= 0.6 is 28.3 Å². The Kier molecular flexibility index (Phi) is 6.82. The van der Waals surface area contributed by atoms with Crippen LogP contribution in [0.15, 0.2) is 22.7 Å². The predicted molar refractivity (Wildman–Crippen MR) is 99.1 cm³/mol. The minimum atomic E-state index is -0.462. The van der Waals surface area contributed by atoms with Gasteiger partial charge in [-0.25, -0.2) is 4.39 Å². The molecule has 5 nitrogen and oxygen atoms in total. The second-order valence-corrected chi connectivity index (χ2v) is 7.41. The van der Waals surface area contributed by atoms with Crippen molar-refractivity contribution in [1.29, 1.82) is 0 Å². The first kappa shape index (κ1) is 20.1. The summed E-state index contributed by atoms with van der Waals surface area (Å²) in [4.78, 5) is 28.7. The van der Waals surface area contributed by atoms with Crippen LogP contribution in [0.2, 0.25) is 0 Å². The molecule has 2 aliphatic heterocycles. The molecule has 0 radical (unpaired) electrons. The SMILES string of the molecule is Cl.N[C@@H]1CCN(C(=O)C2CCCN(C(=O)c3ccc(Br)c(F)c3)C2)C1. The first-order chi connectivity index (χ1) is 11.5. The van der Waals surface area contributed by atoms with E-state index in [4.69, 9.17) is 5.73 Å². The lowest BCUT2D eigenvalue weighted by Gasteiger charge is -2.34. The number of piperidine rings is 1. The number of benzene rings is 1. The van der Waals surface area contributed by atoms with Crippen LogP contribution in [0.25, 0.3) is 0 Å². The van der Waals surface area contributed by atoms with Gasteiger partial charge in [-0.2, -0.15) is 0 Å². The number of carbonyl (C=O) groups excluding carboxylic acids is 2. The van der Waals surface area contributed by atoms with Crippen LogP contribution < -0.4 is 5.73 Å². The van der Waals surface area contributed by atoms with E-state index in [9.17, 15) is 14.0 Å². The van der Waals surface area contributed by atoms with Crippen molar-refractivity contribution in [3.05, 3.63) is 34.1 Å². The van der Waals surface area contributed by atoms with Crippen LogP contribution in [-0.4, -0.2) is 53.8 Å². The van der Waals surface area contributed by atoms with Gasteiger partial charge >= 0.3 is 0 Å². The highest BCUT2D eigenvalue weighted by atomic mass is 79.9. The Hall–Kier alpha value is -1.18. The smallest absolute Gasteiger partial charge is 0.253 e. The first-order valence-corrected chi connectivity index (χ1v) is 9.03. The number of likely N-dealkylation sites (tertiary alicyclic amines) is 2. The van der Waals surface area contributed by atoms with E-state index in [1.165, 1.54) is 12.1 Å². The molecule has 1 unspecified atom stereocenters. The first-order valence-electron chi connectivity index (χ1n) is 8.24. The Bertz CT molecular complexity index is 661. The van der Waals surface area contributed by atoms with Crippen molar-refractivity contribution < 1.29 is 14.0 Å². The molecule has 1 aromatic carbocycles. The molecule has 0 bridgehead atoms. The molecule has 3 rings (SSSR count). The van der Waals surface area contributed by atoms with Crippen molar-refractivity contribution in [3.63, 3.8) is 0 Å². The van der Waals surface area contributed by atoms with Crippen molar-refractivity contribution >= 4 is 40.2 Å². The summed E-state index contributed by atoms with van der Waals surface area (Å²) in [5.41, 5.74) is 6.18. The highest BCUT2D eigenvalue weighted by Crippen LogP contribution is 2.23. The van der Waals surface area contributed by atoms with E-state index in [2.05, 4.69) is 15.9 Å². The Morgan fingerprint density at radius 1 is 1.16 bits per heavy atom. The van der Waals surface area contributed by atoms with Gasteiger partial charge < -0.3 is 15.5 Å². The number of nitrogens with zero attached hydrogens (tertiary/aromatic N) is 2. The minimum Gasteiger partial charge on any atom is -0.341 e. The van der Waals surface area contributed by atoms with Crippen LogP contribution in [0.3, 0.4) is 0 Å². The highest BCUT2D eigenvalue weighted by molar-refractivity contribution is 9.10. The molecular weight excluding hydrogens is 413 g/mol. The zero-order valence-corrected chi connectivity index (χ0v) is 16.2. The molecule has 25 heavy (non-hydrogen) atoms. The third kappa shape index (κ3) is 4.51. The van der Waals surface area contributed by atoms with Crippen LogP contribution in [0, 0.1) is 11.7 Å². The second-order valence-electron chi connectivity index (χ2n) is 6.55. The normalized spacial score (nSPS) is 23.3. The number of hydrogen-bond donors (Lipinski definition) is 1. The summed E-state index contributed by atoms with van der Waals surface area (Å²) in [7, 11) is 0. The summed E-state index contributed by atoms with van der Waals surface area (Å²) < 4.78 is 14.0. The molecule has 2 heterocycles. The molecule has 2 saturated heterocycles. The van der Waals surface area contributed by atoms with Crippen LogP contribution in [0.5, 0.6) is 0 Å². The molecular formula is C17H22BrClFN3O2. The molecule has 2 N–H and O–H groups in total. The average Bonchev–Trinajstić information content (AvgIpc) is 3.02. The maximum absolute atomic E-state index is 13.7. The molecule has 2 atom stereocenters. The molecule has 0 aromatic heterocycles. The summed E-state index contributed by atoms with van der Waals surface area (Å²) >= 11 is 3.09. The number of amides is 2. The molecule has 1 aromatic rings. The zero-order valence-electron chi connectivity index (χ0n) is 13.8. The van der Waals surface area contributed by atoms with Crippen LogP contribution in [0.1, 0.15) is 29.6 Å². The quantitative estimate of drug-likeness (QED) is 0.777. The van der Waals surface area contributed by atoms with Gasteiger partial charge in [-0.3, -0.25) is 9.59 Å². The molecule has 0 spiro atoms. The highest BCUT2D eigenvalue weighted by Gasteiger charge is 2.34. The summed E-state index contributed by atoms with van der Waals surface area (Å²) in [5.74, 6) is -0.788. The Morgan fingerprint density at radius 3 is 2.56 bits per heavy atom. The van der Waals surface area contributed by atoms with Crippen LogP contribution in [-0.2, 0) is 4.79 Å². The summed E-state index contributed by atoms with van der Waals surface area (Å²) in [6.45, 7) is 2.28. The summed E-state index contributed by atoms with van der Waals surface area (Å²) in [6.07, 6.45) is 2.39. The van der Waals surface area contributed by atoms with E-state index in [0.29, 0.717) is 36.2 Å². The van der Waals surface area contributed by atoms with E-state index < -0.39 is 5.82 Å². The maximum atomic E-state index is 13.7. The van der Waals surface area contributed by atoms with Crippen molar-refractivity contribution in [2.45, 2.75) is 25.3 Å². The Balaban J connectivity index is 0.00000225. The average molecular weight is 435 g/mol. The zero-order chi connectivity index (χ0) is 17.3. The summed E-state index contributed by atoms with van der Waals surface area (Å²) in [6, 6.07) is 4.42. The van der Waals surface area contributed by atoms with Crippen molar-refractivity contribution in [2.75, 3.05) is 26.2 Å². The van der Waals surface area contributed by atoms with Crippen molar-refractivity contribution in [2.24, 2.45) is 11.7 Å². The van der Waals surface area contributed by atoms with Gasteiger partial charge in [0.1, 0.15) is 5.82 Å². The van der Waals surface area contributed by atoms with Gasteiger partial charge in [-0.15, -0.1) is 12.4 Å². The fraction of sp³-hybridized carbons (Fsp3) is 0.529. The van der Waals surface area contributed by atoms with Gasteiger partial charge in [-0.1, -0.05) is 0 Å². The third-order valence-electron chi connectivity index (χ3n) is 4.76. The molecule has 2 fully saturated rings. The number of hydrogen-bond acceptors (Lipinski definition) is 3. The van der Waals surface area contributed by atoms with E-state index in [1.807, 2.05) is 4.90 Å². The lowest BCUT2D eigenvalue weighted by Crippen LogP contribution is -2.46. The molecule has 2 aliphatic rings. The number of rotatable bonds is 2. The van der Waals surface area contributed by atoms with Gasteiger partial charge in [0, 0.05) is 37.8 Å². The van der Waals surface area contributed by atoms with Crippen LogP contribution in [0.4, 0.5) is 4.39 Å². The minimum absolute atomic E-state index is 0. The van der Waals surface area contributed by atoms with Gasteiger partial charge in [0.25, 0.3) is 5.91 Å². The molecule has 2 amide bonds. The lowest BCUT2D eigenvalue weighted by molar-refractivity contribution is -0.135. The fourth-order valence-corrected chi connectivity index (χ4v) is 3.67. The van der Waals surface area contributed by atoms with Crippen molar-refractivity contribution in [1.82, 2.24) is 9.80 Å². The topological polar surface area (TPSA) is 66.6 Å². The van der Waals surface area contributed by atoms with Gasteiger partial charge in [0.2, 0.25) is 5.91 Å². The molecule has 0 aliphatic carbocycles. The number of nitrogens with two attached hydrogens (primary N) is 1. The maximum Gasteiger partial charge on any atom is 0.253 e. The Labute approximate surface area is 161 Å². The lowest BCUT2D eigenvalue weighted by atomic mass is 9.96. The van der Waals surface area contributed by atoms with Crippen molar-refractivity contribution in [3.8, 4) is 0 Å². The Morgan fingerprint density at radius 2 is 1.92 bits per heavy atom. The van der Waals surface area contributed by atoms with Gasteiger partial charge in [-0.05, 0) is 53.4 Å². The standard InChI is InChI=1S/C17H21BrFN3O2.ClH/c18-14-4-3-11(8-15(14)19)16(23)21-6-1-2-12(9-21)17(24)22-7-5-13(20)10-22;/h3-4,8,12-13H,1-2,5-7,9-10,20H2;1H/t12?,13-;/m1./s1. The van der Waals surface area contributed by atoms with E-state index in [-0.39, 0.29) is 36.2 Å². The number of halogens is 3.